The molecule has 1 aromatic heterocycles. The average molecular weight is 476 g/mol. The topological polar surface area (TPSA) is 68.2 Å². The van der Waals surface area contributed by atoms with Crippen molar-refractivity contribution in [2.75, 3.05) is 18.5 Å². The van der Waals surface area contributed by atoms with E-state index < -0.39 is 23.5 Å². The molecule has 0 bridgehead atoms. The Labute approximate surface area is 193 Å². The molecule has 10 heteroatoms. The largest absolute Gasteiger partial charge is 0.493 e. The fourth-order valence-electron chi connectivity index (χ4n) is 3.98. The van der Waals surface area contributed by atoms with E-state index in [1.807, 2.05) is 0 Å². The van der Waals surface area contributed by atoms with Crippen LogP contribution < -0.4 is 15.4 Å². The van der Waals surface area contributed by atoms with Crippen LogP contribution in [-0.4, -0.2) is 34.9 Å². The van der Waals surface area contributed by atoms with E-state index in [-0.39, 0.29) is 5.56 Å². The lowest BCUT2D eigenvalue weighted by atomic mass is 10.1. The van der Waals surface area contributed by atoms with Crippen LogP contribution in [0, 0.1) is 5.82 Å². The number of anilines is 1. The number of carbonyl (C=O) groups excluding carboxylic acids is 1. The maximum absolute atomic E-state index is 13.9. The molecule has 1 aliphatic heterocycles. The van der Waals surface area contributed by atoms with Crippen molar-refractivity contribution in [1.82, 2.24) is 15.1 Å². The first-order chi connectivity index (χ1) is 16.2. The van der Waals surface area contributed by atoms with Gasteiger partial charge in [0.15, 0.2) is 0 Å². The second-order valence-corrected chi connectivity index (χ2v) is 8.13. The van der Waals surface area contributed by atoms with Gasteiger partial charge in [-0.2, -0.15) is 18.3 Å². The zero-order valence-corrected chi connectivity index (χ0v) is 18.5. The lowest BCUT2D eigenvalue weighted by Gasteiger charge is -2.16. The number of ether oxygens (including phenoxy) is 1. The molecule has 180 valence electrons. The van der Waals surface area contributed by atoms with Crippen LogP contribution in [-0.2, 0) is 13.2 Å². The maximum atomic E-state index is 13.9. The van der Waals surface area contributed by atoms with E-state index in [0.29, 0.717) is 41.8 Å². The third-order valence-electron chi connectivity index (χ3n) is 5.76. The fourth-order valence-corrected chi connectivity index (χ4v) is 3.98. The zero-order chi connectivity index (χ0) is 24.3. The molecule has 3 aromatic rings. The predicted octanol–water partition coefficient (Wildman–Crippen LogP) is 5.02. The minimum absolute atomic E-state index is 0.225. The lowest BCUT2D eigenvalue weighted by molar-refractivity contribution is -0.140. The van der Waals surface area contributed by atoms with Crippen molar-refractivity contribution in [3.63, 3.8) is 0 Å². The first-order valence-corrected chi connectivity index (χ1v) is 10.9. The van der Waals surface area contributed by atoms with Crippen molar-refractivity contribution in [2.45, 2.75) is 31.5 Å². The molecule has 1 aliphatic rings. The molecule has 0 saturated carbocycles. The van der Waals surface area contributed by atoms with Gasteiger partial charge >= 0.3 is 6.18 Å². The summed E-state index contributed by atoms with van der Waals surface area (Å²) in [4.78, 5) is 12.6. The SMILES string of the molecule is Cn1nccc1-c1cc(NC(=O)c2ccc(C(F)(F)F)c(F)c2)ccc1OCCC1CCCN1. The van der Waals surface area contributed by atoms with Crippen molar-refractivity contribution in [3.8, 4) is 17.0 Å². The van der Waals surface area contributed by atoms with Crippen LogP contribution >= 0.6 is 0 Å². The quantitative estimate of drug-likeness (QED) is 0.470. The molecule has 0 radical (unpaired) electrons. The minimum Gasteiger partial charge on any atom is -0.493 e. The minimum atomic E-state index is -4.83. The number of hydrogen-bond acceptors (Lipinski definition) is 4. The number of nitrogens with zero attached hydrogens (tertiary/aromatic N) is 2. The van der Waals surface area contributed by atoms with E-state index >= 15 is 0 Å². The number of halogens is 4. The van der Waals surface area contributed by atoms with Crippen molar-refractivity contribution in [2.24, 2.45) is 7.05 Å². The number of amides is 1. The number of benzene rings is 2. The molecule has 1 unspecified atom stereocenters. The molecular formula is C24H24F4N4O2. The molecule has 0 aliphatic carbocycles. The highest BCUT2D eigenvalue weighted by Gasteiger charge is 2.34. The van der Waals surface area contributed by atoms with E-state index in [0.717, 1.165) is 37.6 Å². The molecule has 1 fully saturated rings. The van der Waals surface area contributed by atoms with Crippen LogP contribution in [0.5, 0.6) is 5.75 Å². The molecule has 2 heterocycles. The molecule has 6 nitrogen and oxygen atoms in total. The summed E-state index contributed by atoms with van der Waals surface area (Å²) >= 11 is 0. The number of nitrogens with one attached hydrogen (secondary N) is 2. The van der Waals surface area contributed by atoms with Gasteiger partial charge in [0.2, 0.25) is 0 Å². The van der Waals surface area contributed by atoms with Gasteiger partial charge < -0.3 is 15.4 Å². The van der Waals surface area contributed by atoms with Gasteiger partial charge in [0.1, 0.15) is 11.6 Å². The Bertz CT molecular complexity index is 1170. The number of aryl methyl sites for hydroxylation is 1. The monoisotopic (exact) mass is 476 g/mol. The maximum Gasteiger partial charge on any atom is 0.419 e. The van der Waals surface area contributed by atoms with Gasteiger partial charge in [0, 0.05) is 36.1 Å². The summed E-state index contributed by atoms with van der Waals surface area (Å²) in [5, 5.41) is 10.2. The third kappa shape index (κ3) is 5.39. The van der Waals surface area contributed by atoms with Crippen LogP contribution in [0.3, 0.4) is 0 Å². The van der Waals surface area contributed by atoms with E-state index in [1.54, 1.807) is 42.2 Å². The van der Waals surface area contributed by atoms with Gasteiger partial charge in [-0.15, -0.1) is 0 Å². The van der Waals surface area contributed by atoms with Crippen molar-refractivity contribution < 1.29 is 27.1 Å². The number of rotatable bonds is 7. The lowest BCUT2D eigenvalue weighted by Crippen LogP contribution is -2.23. The highest BCUT2D eigenvalue weighted by molar-refractivity contribution is 6.04. The predicted molar refractivity (Wildman–Crippen MR) is 119 cm³/mol. The van der Waals surface area contributed by atoms with Crippen LogP contribution in [0.2, 0.25) is 0 Å². The van der Waals surface area contributed by atoms with Crippen molar-refractivity contribution in [3.05, 3.63) is 65.6 Å². The van der Waals surface area contributed by atoms with Gasteiger partial charge in [-0.05, 0) is 68.3 Å². The Morgan fingerprint density at radius 2 is 2.06 bits per heavy atom. The van der Waals surface area contributed by atoms with Crippen LogP contribution in [0.25, 0.3) is 11.3 Å². The van der Waals surface area contributed by atoms with Gasteiger partial charge in [-0.1, -0.05) is 0 Å². The second kappa shape index (κ2) is 9.84. The van der Waals surface area contributed by atoms with E-state index in [1.165, 1.54) is 0 Å². The van der Waals surface area contributed by atoms with Crippen molar-refractivity contribution in [1.29, 1.82) is 0 Å². The normalized spacial score (nSPS) is 16.0. The Kier molecular flexibility index (Phi) is 6.87. The smallest absolute Gasteiger partial charge is 0.419 e. The Morgan fingerprint density at radius 1 is 1.24 bits per heavy atom. The molecule has 34 heavy (non-hydrogen) atoms. The number of aromatic nitrogens is 2. The first-order valence-electron chi connectivity index (χ1n) is 10.9. The molecule has 2 aromatic carbocycles. The molecule has 1 saturated heterocycles. The molecule has 2 N–H and O–H groups in total. The fraction of sp³-hybridized carbons (Fsp3) is 0.333. The van der Waals surface area contributed by atoms with Gasteiger partial charge in [0.25, 0.3) is 5.91 Å². The molecule has 1 amide bonds. The summed E-state index contributed by atoms with van der Waals surface area (Å²) in [7, 11) is 1.78. The van der Waals surface area contributed by atoms with Gasteiger partial charge in [0.05, 0.1) is 17.9 Å². The first kappa shape index (κ1) is 23.7. The zero-order valence-electron chi connectivity index (χ0n) is 18.5. The molecular weight excluding hydrogens is 452 g/mol. The van der Waals surface area contributed by atoms with Gasteiger partial charge in [-0.3, -0.25) is 9.48 Å². The van der Waals surface area contributed by atoms with Gasteiger partial charge in [-0.25, -0.2) is 4.39 Å². The summed E-state index contributed by atoms with van der Waals surface area (Å²) in [5.74, 6) is -1.62. The summed E-state index contributed by atoms with van der Waals surface area (Å²) in [6.45, 7) is 1.53. The van der Waals surface area contributed by atoms with E-state index in [9.17, 15) is 22.4 Å². The van der Waals surface area contributed by atoms with Crippen LogP contribution in [0.1, 0.15) is 35.2 Å². The second-order valence-electron chi connectivity index (χ2n) is 8.13. The molecule has 4 rings (SSSR count). The third-order valence-corrected chi connectivity index (χ3v) is 5.76. The standard InChI is InChI=1S/C24H24F4N4O2/c1-32-21(8-11-30-32)18-14-17(5-7-22(18)34-12-9-16-3-2-10-29-16)31-23(33)15-4-6-19(20(25)13-15)24(26,27)28/h4-8,11,13-14,16,29H,2-3,9-10,12H2,1H3,(H,31,33). The Hall–Kier alpha value is -3.40. The Morgan fingerprint density at radius 3 is 2.71 bits per heavy atom. The van der Waals surface area contributed by atoms with Crippen LogP contribution in [0.15, 0.2) is 48.7 Å². The highest BCUT2D eigenvalue weighted by Crippen LogP contribution is 2.34. The summed E-state index contributed by atoms with van der Waals surface area (Å²) in [6.07, 6.45) is -0.0586. The summed E-state index contributed by atoms with van der Waals surface area (Å²) in [6, 6.07) is 9.35. The van der Waals surface area contributed by atoms with Crippen molar-refractivity contribution >= 4 is 11.6 Å². The van der Waals surface area contributed by atoms with E-state index in [2.05, 4.69) is 15.7 Å². The molecule has 0 spiro atoms. The summed E-state index contributed by atoms with van der Waals surface area (Å²) in [5.41, 5.74) is 0.182. The summed E-state index contributed by atoms with van der Waals surface area (Å²) < 4.78 is 60.0. The van der Waals surface area contributed by atoms with Crippen LogP contribution in [0.4, 0.5) is 23.2 Å². The number of carbonyl (C=O) groups is 1. The highest BCUT2D eigenvalue weighted by atomic mass is 19.4. The number of hydrogen-bond donors (Lipinski definition) is 2. The van der Waals surface area contributed by atoms with E-state index in [4.69, 9.17) is 4.74 Å². The number of alkyl halides is 3. The Balaban J connectivity index is 1.53. The average Bonchev–Trinajstić information content (AvgIpc) is 3.45. The molecule has 1 atom stereocenters.